The van der Waals surface area contributed by atoms with Gasteiger partial charge in [0, 0.05) is 10.6 Å². The largest absolute Gasteiger partial charge is 0.489 e. The standard InChI is InChI=1S/C23H21ClN2O3/c1-17-6-2-5-9-22(17)29-16-23(27)26-25-14-18-10-12-20(13-11-18)28-15-19-7-3-4-8-21(19)24/h2-14H,15-16H2,1H3,(H,26,27)/b25-14+. The van der Waals surface area contributed by atoms with Gasteiger partial charge in [-0.3, -0.25) is 4.79 Å². The predicted molar refractivity (Wildman–Crippen MR) is 115 cm³/mol. The fourth-order valence-electron chi connectivity index (χ4n) is 2.50. The first-order valence-electron chi connectivity index (χ1n) is 9.08. The second kappa shape index (κ2) is 10.3. The fraction of sp³-hybridized carbons (Fsp3) is 0.130. The number of nitrogens with zero attached hydrogens (tertiary/aromatic N) is 1. The lowest BCUT2D eigenvalue weighted by molar-refractivity contribution is -0.123. The summed E-state index contributed by atoms with van der Waals surface area (Å²) in [7, 11) is 0. The van der Waals surface area contributed by atoms with Crippen LogP contribution < -0.4 is 14.9 Å². The fourth-order valence-corrected chi connectivity index (χ4v) is 2.69. The molecule has 0 fully saturated rings. The van der Waals surface area contributed by atoms with E-state index in [0.29, 0.717) is 17.4 Å². The highest BCUT2D eigenvalue weighted by atomic mass is 35.5. The minimum atomic E-state index is -0.329. The van der Waals surface area contributed by atoms with Crippen LogP contribution in [0.4, 0.5) is 0 Å². The lowest BCUT2D eigenvalue weighted by Crippen LogP contribution is -2.24. The van der Waals surface area contributed by atoms with Crippen LogP contribution in [0.2, 0.25) is 5.02 Å². The highest BCUT2D eigenvalue weighted by Gasteiger charge is 2.03. The van der Waals surface area contributed by atoms with Gasteiger partial charge in [0.15, 0.2) is 6.61 Å². The molecule has 0 saturated heterocycles. The highest BCUT2D eigenvalue weighted by Crippen LogP contribution is 2.19. The molecule has 0 atom stereocenters. The van der Waals surface area contributed by atoms with E-state index >= 15 is 0 Å². The Hall–Kier alpha value is -3.31. The van der Waals surface area contributed by atoms with E-state index in [1.165, 1.54) is 0 Å². The van der Waals surface area contributed by atoms with E-state index < -0.39 is 0 Å². The summed E-state index contributed by atoms with van der Waals surface area (Å²) in [5, 5.41) is 4.63. The number of aryl methyl sites for hydroxylation is 1. The molecule has 6 heteroatoms. The van der Waals surface area contributed by atoms with Crippen molar-refractivity contribution in [2.45, 2.75) is 13.5 Å². The first kappa shape index (κ1) is 20.4. The maximum atomic E-state index is 11.8. The van der Waals surface area contributed by atoms with E-state index in [1.54, 1.807) is 6.21 Å². The van der Waals surface area contributed by atoms with E-state index in [2.05, 4.69) is 10.5 Å². The molecule has 0 spiro atoms. The summed E-state index contributed by atoms with van der Waals surface area (Å²) in [6, 6.07) is 22.5. The van der Waals surface area contributed by atoms with Gasteiger partial charge in [-0.25, -0.2) is 5.43 Å². The van der Waals surface area contributed by atoms with Gasteiger partial charge in [-0.2, -0.15) is 5.10 Å². The molecule has 0 heterocycles. The molecule has 0 radical (unpaired) electrons. The Morgan fingerprint density at radius 2 is 1.72 bits per heavy atom. The first-order chi connectivity index (χ1) is 14.1. The second-order valence-electron chi connectivity index (χ2n) is 6.30. The number of benzene rings is 3. The number of carbonyl (C=O) groups excluding carboxylic acids is 1. The van der Waals surface area contributed by atoms with Crippen LogP contribution in [0.25, 0.3) is 0 Å². The van der Waals surface area contributed by atoms with Crippen molar-refractivity contribution in [2.24, 2.45) is 5.10 Å². The number of rotatable bonds is 8. The number of hydrogen-bond acceptors (Lipinski definition) is 4. The van der Waals surface area contributed by atoms with Gasteiger partial charge < -0.3 is 9.47 Å². The van der Waals surface area contributed by atoms with Crippen LogP contribution in [0, 0.1) is 6.92 Å². The Bertz CT molecular complexity index is 987. The first-order valence-corrected chi connectivity index (χ1v) is 9.46. The number of hydrogen-bond donors (Lipinski definition) is 1. The van der Waals surface area contributed by atoms with E-state index in [4.69, 9.17) is 21.1 Å². The smallest absolute Gasteiger partial charge is 0.277 e. The molecule has 1 N–H and O–H groups in total. The van der Waals surface area contributed by atoms with Gasteiger partial charge in [-0.1, -0.05) is 48.0 Å². The van der Waals surface area contributed by atoms with Gasteiger partial charge in [-0.15, -0.1) is 0 Å². The minimum Gasteiger partial charge on any atom is -0.489 e. The molecule has 0 aliphatic rings. The Morgan fingerprint density at radius 3 is 2.48 bits per heavy atom. The third-order valence-corrected chi connectivity index (χ3v) is 4.46. The molecule has 0 saturated carbocycles. The summed E-state index contributed by atoms with van der Waals surface area (Å²) in [5.74, 6) is 1.07. The Balaban J connectivity index is 1.44. The summed E-state index contributed by atoms with van der Waals surface area (Å²) >= 11 is 6.12. The maximum Gasteiger partial charge on any atom is 0.277 e. The summed E-state index contributed by atoms with van der Waals surface area (Å²) in [6.07, 6.45) is 1.56. The summed E-state index contributed by atoms with van der Waals surface area (Å²) in [6.45, 7) is 2.22. The maximum absolute atomic E-state index is 11.8. The summed E-state index contributed by atoms with van der Waals surface area (Å²) in [5.41, 5.74) is 5.18. The number of ether oxygens (including phenoxy) is 2. The summed E-state index contributed by atoms with van der Waals surface area (Å²) in [4.78, 5) is 11.8. The van der Waals surface area contributed by atoms with E-state index in [9.17, 15) is 4.79 Å². The molecule has 29 heavy (non-hydrogen) atoms. The topological polar surface area (TPSA) is 59.9 Å². The minimum absolute atomic E-state index is 0.100. The molecular formula is C23H21ClN2O3. The second-order valence-corrected chi connectivity index (χ2v) is 6.70. The molecule has 3 aromatic rings. The molecule has 0 aliphatic heterocycles. The molecule has 0 unspecified atom stereocenters. The lowest BCUT2D eigenvalue weighted by Gasteiger charge is -2.08. The zero-order valence-electron chi connectivity index (χ0n) is 16.0. The quantitative estimate of drug-likeness (QED) is 0.432. The van der Waals surface area contributed by atoms with Gasteiger partial charge in [0.2, 0.25) is 0 Å². The number of amides is 1. The Morgan fingerprint density at radius 1 is 1.00 bits per heavy atom. The van der Waals surface area contributed by atoms with E-state index in [0.717, 1.165) is 22.4 Å². The number of carbonyl (C=O) groups is 1. The molecule has 3 aromatic carbocycles. The number of para-hydroxylation sites is 1. The Kier molecular flexibility index (Phi) is 7.25. The SMILES string of the molecule is Cc1ccccc1OCC(=O)N/N=C/c1ccc(OCc2ccccc2Cl)cc1. The van der Waals surface area contributed by atoms with Crippen molar-refractivity contribution < 1.29 is 14.3 Å². The molecule has 0 aliphatic carbocycles. The van der Waals surface area contributed by atoms with Crippen molar-refractivity contribution in [3.05, 3.63) is 94.5 Å². The van der Waals surface area contributed by atoms with E-state index in [1.807, 2.05) is 79.7 Å². The molecular weight excluding hydrogens is 388 g/mol. The van der Waals surface area contributed by atoms with Crippen LogP contribution in [-0.4, -0.2) is 18.7 Å². The van der Waals surface area contributed by atoms with Crippen molar-refractivity contribution in [3.8, 4) is 11.5 Å². The lowest BCUT2D eigenvalue weighted by atomic mass is 10.2. The van der Waals surface area contributed by atoms with E-state index in [-0.39, 0.29) is 12.5 Å². The van der Waals surface area contributed by atoms with Crippen molar-refractivity contribution in [1.82, 2.24) is 5.43 Å². The number of nitrogens with one attached hydrogen (secondary N) is 1. The van der Waals surface area contributed by atoms with Crippen molar-refractivity contribution in [2.75, 3.05) is 6.61 Å². The molecule has 0 aromatic heterocycles. The average molecular weight is 409 g/mol. The van der Waals surface area contributed by atoms with Gasteiger partial charge in [0.1, 0.15) is 18.1 Å². The third kappa shape index (κ3) is 6.36. The normalized spacial score (nSPS) is 10.7. The Labute approximate surface area is 174 Å². The average Bonchev–Trinajstić information content (AvgIpc) is 2.73. The van der Waals surface area contributed by atoms with Crippen LogP contribution in [-0.2, 0) is 11.4 Å². The van der Waals surface area contributed by atoms with Crippen LogP contribution in [0.15, 0.2) is 77.9 Å². The van der Waals surface area contributed by atoms with Crippen LogP contribution in [0.3, 0.4) is 0 Å². The van der Waals surface area contributed by atoms with Gasteiger partial charge in [0.25, 0.3) is 5.91 Å². The highest BCUT2D eigenvalue weighted by molar-refractivity contribution is 6.31. The van der Waals surface area contributed by atoms with Crippen molar-refractivity contribution in [3.63, 3.8) is 0 Å². The van der Waals surface area contributed by atoms with Crippen LogP contribution >= 0.6 is 11.6 Å². The molecule has 0 bridgehead atoms. The summed E-state index contributed by atoms with van der Waals surface area (Å²) < 4.78 is 11.2. The molecule has 1 amide bonds. The number of halogens is 1. The zero-order valence-corrected chi connectivity index (χ0v) is 16.7. The van der Waals surface area contributed by atoms with Crippen molar-refractivity contribution >= 4 is 23.7 Å². The molecule has 148 valence electrons. The zero-order chi connectivity index (χ0) is 20.5. The molecule has 5 nitrogen and oxygen atoms in total. The van der Waals surface area contributed by atoms with Crippen LogP contribution in [0.5, 0.6) is 11.5 Å². The van der Waals surface area contributed by atoms with Gasteiger partial charge >= 0.3 is 0 Å². The van der Waals surface area contributed by atoms with Gasteiger partial charge in [-0.05, 0) is 54.4 Å². The monoisotopic (exact) mass is 408 g/mol. The van der Waals surface area contributed by atoms with Gasteiger partial charge in [0.05, 0.1) is 6.21 Å². The van der Waals surface area contributed by atoms with Crippen molar-refractivity contribution in [1.29, 1.82) is 0 Å². The predicted octanol–water partition coefficient (Wildman–Crippen LogP) is 4.76. The third-order valence-electron chi connectivity index (χ3n) is 4.09. The van der Waals surface area contributed by atoms with Crippen LogP contribution in [0.1, 0.15) is 16.7 Å². The number of hydrazone groups is 1. The molecule has 3 rings (SSSR count).